The van der Waals surface area contributed by atoms with Crippen LogP contribution in [-0.4, -0.2) is 12.1 Å². The van der Waals surface area contributed by atoms with E-state index < -0.39 is 0 Å². The summed E-state index contributed by atoms with van der Waals surface area (Å²) in [6.07, 6.45) is 3.29. The fourth-order valence-corrected chi connectivity index (χ4v) is 3.59. The van der Waals surface area contributed by atoms with Gasteiger partial charge in [0.1, 0.15) is 6.10 Å². The molecule has 86 valence electrons. The normalized spacial score (nSPS) is 33.6. The second kappa shape index (κ2) is 3.50. The highest BCUT2D eigenvalue weighted by Gasteiger charge is 2.51. The largest absolute Gasteiger partial charge is 0.462 e. The van der Waals surface area contributed by atoms with Crippen LogP contribution in [0.5, 0.6) is 0 Å². The molecule has 0 spiro atoms. The third kappa shape index (κ3) is 1.58. The predicted octanol–water partition coefficient (Wildman–Crippen LogP) is 3.01. The SMILES string of the molecule is CC(C)C1(C(C)C)CC2CC(C1)C(=O)O2. The van der Waals surface area contributed by atoms with Crippen molar-refractivity contribution in [1.82, 2.24) is 0 Å². The third-order valence-corrected chi connectivity index (χ3v) is 4.70. The lowest BCUT2D eigenvalue weighted by atomic mass is 9.58. The number of hydrogen-bond acceptors (Lipinski definition) is 2. The average molecular weight is 210 g/mol. The summed E-state index contributed by atoms with van der Waals surface area (Å²) < 4.78 is 5.40. The summed E-state index contributed by atoms with van der Waals surface area (Å²) in [6.45, 7) is 9.15. The van der Waals surface area contributed by atoms with Gasteiger partial charge in [-0.2, -0.15) is 0 Å². The van der Waals surface area contributed by atoms with Gasteiger partial charge in [-0.05, 0) is 36.5 Å². The zero-order valence-electron chi connectivity index (χ0n) is 10.2. The van der Waals surface area contributed by atoms with Gasteiger partial charge in [0.05, 0.1) is 5.92 Å². The summed E-state index contributed by atoms with van der Waals surface area (Å²) in [5.74, 6) is 1.52. The molecule has 2 atom stereocenters. The van der Waals surface area contributed by atoms with Crippen LogP contribution in [-0.2, 0) is 9.53 Å². The van der Waals surface area contributed by atoms with Gasteiger partial charge in [0.15, 0.2) is 0 Å². The third-order valence-electron chi connectivity index (χ3n) is 4.70. The van der Waals surface area contributed by atoms with Gasteiger partial charge in [-0.1, -0.05) is 27.7 Å². The molecule has 1 heterocycles. The van der Waals surface area contributed by atoms with Crippen LogP contribution in [0, 0.1) is 23.2 Å². The molecule has 2 aliphatic rings. The summed E-state index contributed by atoms with van der Waals surface area (Å²) in [5, 5.41) is 0. The molecule has 2 nitrogen and oxygen atoms in total. The zero-order valence-corrected chi connectivity index (χ0v) is 10.2. The van der Waals surface area contributed by atoms with Gasteiger partial charge < -0.3 is 4.74 Å². The van der Waals surface area contributed by atoms with E-state index >= 15 is 0 Å². The lowest BCUT2D eigenvalue weighted by molar-refractivity contribution is -0.143. The summed E-state index contributed by atoms with van der Waals surface area (Å²) in [5.41, 5.74) is 0.319. The van der Waals surface area contributed by atoms with Gasteiger partial charge in [-0.25, -0.2) is 0 Å². The number of carbonyl (C=O) groups is 1. The highest BCUT2D eigenvalue weighted by Crippen LogP contribution is 2.53. The highest BCUT2D eigenvalue weighted by atomic mass is 16.6. The molecule has 0 aromatic heterocycles. The molecule has 1 aliphatic carbocycles. The Morgan fingerprint density at radius 1 is 1.20 bits per heavy atom. The van der Waals surface area contributed by atoms with Crippen LogP contribution in [0.25, 0.3) is 0 Å². The van der Waals surface area contributed by atoms with Gasteiger partial charge in [-0.15, -0.1) is 0 Å². The van der Waals surface area contributed by atoms with E-state index in [4.69, 9.17) is 4.74 Å². The zero-order chi connectivity index (χ0) is 11.2. The van der Waals surface area contributed by atoms with Gasteiger partial charge in [-0.3, -0.25) is 4.79 Å². The van der Waals surface area contributed by atoms with Crippen molar-refractivity contribution in [3.05, 3.63) is 0 Å². The molecule has 1 saturated heterocycles. The maximum atomic E-state index is 11.6. The first-order valence-electron chi connectivity index (χ1n) is 6.16. The van der Waals surface area contributed by atoms with Crippen molar-refractivity contribution in [1.29, 1.82) is 0 Å². The van der Waals surface area contributed by atoms with Crippen molar-refractivity contribution >= 4 is 5.97 Å². The molecular formula is C13H22O2. The molecule has 2 unspecified atom stereocenters. The van der Waals surface area contributed by atoms with Crippen molar-refractivity contribution in [2.45, 2.75) is 53.1 Å². The van der Waals surface area contributed by atoms with E-state index in [0.29, 0.717) is 17.3 Å². The Labute approximate surface area is 92.4 Å². The Hall–Kier alpha value is -0.530. The topological polar surface area (TPSA) is 26.3 Å². The maximum absolute atomic E-state index is 11.6. The Bertz CT molecular complexity index is 260. The van der Waals surface area contributed by atoms with Gasteiger partial charge in [0.2, 0.25) is 0 Å². The van der Waals surface area contributed by atoms with Crippen molar-refractivity contribution in [2.24, 2.45) is 23.2 Å². The van der Waals surface area contributed by atoms with E-state index in [1.807, 2.05) is 0 Å². The molecule has 0 radical (unpaired) electrons. The van der Waals surface area contributed by atoms with Crippen molar-refractivity contribution in [2.75, 3.05) is 0 Å². The molecule has 0 amide bonds. The molecule has 2 rings (SSSR count). The minimum Gasteiger partial charge on any atom is -0.462 e. The fourth-order valence-electron chi connectivity index (χ4n) is 3.59. The van der Waals surface area contributed by atoms with E-state index in [0.717, 1.165) is 19.3 Å². The molecule has 2 fully saturated rings. The van der Waals surface area contributed by atoms with Crippen LogP contribution < -0.4 is 0 Å². The van der Waals surface area contributed by atoms with Gasteiger partial charge in [0, 0.05) is 0 Å². The fraction of sp³-hybridized carbons (Fsp3) is 0.923. The van der Waals surface area contributed by atoms with Crippen molar-refractivity contribution < 1.29 is 9.53 Å². The number of esters is 1. The van der Waals surface area contributed by atoms with Crippen molar-refractivity contribution in [3.63, 3.8) is 0 Å². The van der Waals surface area contributed by atoms with Crippen LogP contribution in [0.4, 0.5) is 0 Å². The lowest BCUT2D eigenvalue weighted by Crippen LogP contribution is -2.40. The summed E-state index contributed by atoms with van der Waals surface area (Å²) in [7, 11) is 0. The summed E-state index contributed by atoms with van der Waals surface area (Å²) in [6, 6.07) is 0. The predicted molar refractivity (Wildman–Crippen MR) is 59.3 cm³/mol. The average Bonchev–Trinajstić information content (AvgIpc) is 2.39. The Morgan fingerprint density at radius 2 is 1.80 bits per heavy atom. The molecule has 0 N–H and O–H groups in total. The first-order valence-corrected chi connectivity index (χ1v) is 6.16. The Morgan fingerprint density at radius 3 is 2.27 bits per heavy atom. The number of carbonyl (C=O) groups excluding carboxylic acids is 1. The van der Waals surface area contributed by atoms with Crippen LogP contribution in [0.1, 0.15) is 47.0 Å². The lowest BCUT2D eigenvalue weighted by Gasteiger charge is -2.45. The van der Waals surface area contributed by atoms with Gasteiger partial charge >= 0.3 is 5.97 Å². The van der Waals surface area contributed by atoms with Gasteiger partial charge in [0.25, 0.3) is 0 Å². The molecule has 1 saturated carbocycles. The van der Waals surface area contributed by atoms with Crippen LogP contribution in [0.2, 0.25) is 0 Å². The standard InChI is InChI=1S/C13H22O2/c1-8(2)13(9(3)4)6-10-5-11(7-13)15-12(10)14/h8-11H,5-7H2,1-4H3. The van der Waals surface area contributed by atoms with E-state index in [9.17, 15) is 4.79 Å². The first kappa shape index (κ1) is 11.0. The molecule has 1 aliphatic heterocycles. The molecule has 2 heteroatoms. The molecule has 2 bridgehead atoms. The van der Waals surface area contributed by atoms with Crippen LogP contribution >= 0.6 is 0 Å². The molecule has 15 heavy (non-hydrogen) atoms. The number of ether oxygens (including phenoxy) is 1. The number of hydrogen-bond donors (Lipinski definition) is 0. The quantitative estimate of drug-likeness (QED) is 0.655. The van der Waals surface area contributed by atoms with E-state index in [-0.39, 0.29) is 18.0 Å². The smallest absolute Gasteiger partial charge is 0.309 e. The monoisotopic (exact) mass is 210 g/mol. The van der Waals surface area contributed by atoms with Crippen LogP contribution in [0.15, 0.2) is 0 Å². The summed E-state index contributed by atoms with van der Waals surface area (Å²) >= 11 is 0. The molecule has 0 aromatic carbocycles. The number of fused-ring (bicyclic) bond motifs is 2. The van der Waals surface area contributed by atoms with Crippen molar-refractivity contribution in [3.8, 4) is 0 Å². The van der Waals surface area contributed by atoms with E-state index in [2.05, 4.69) is 27.7 Å². The first-order chi connectivity index (χ1) is 6.95. The second-order valence-electron chi connectivity index (χ2n) is 5.94. The second-order valence-corrected chi connectivity index (χ2v) is 5.94. The minimum absolute atomic E-state index is 0.0585. The Kier molecular flexibility index (Phi) is 2.56. The highest BCUT2D eigenvalue weighted by molar-refractivity contribution is 5.75. The summed E-state index contributed by atoms with van der Waals surface area (Å²) in [4.78, 5) is 11.6. The minimum atomic E-state index is 0.0585. The molecule has 0 aromatic rings. The maximum Gasteiger partial charge on any atom is 0.309 e. The Balaban J connectivity index is 2.26. The van der Waals surface area contributed by atoms with E-state index in [1.54, 1.807) is 0 Å². The van der Waals surface area contributed by atoms with Crippen LogP contribution in [0.3, 0.4) is 0 Å². The number of rotatable bonds is 2. The van der Waals surface area contributed by atoms with E-state index in [1.165, 1.54) is 0 Å². The molecular weight excluding hydrogens is 188 g/mol.